The zero-order chi connectivity index (χ0) is 13.2. The lowest BCUT2D eigenvalue weighted by molar-refractivity contribution is 0.547. The summed E-state index contributed by atoms with van der Waals surface area (Å²) in [6, 6.07) is 1.81. The fourth-order valence-electron chi connectivity index (χ4n) is 1.92. The first kappa shape index (κ1) is 13.5. The number of nitrogens with two attached hydrogens (primary N) is 1. The Morgan fingerprint density at radius 1 is 1.44 bits per heavy atom. The van der Waals surface area contributed by atoms with E-state index >= 15 is 0 Å². The van der Waals surface area contributed by atoms with Gasteiger partial charge in [-0.15, -0.1) is 0 Å². The van der Waals surface area contributed by atoms with E-state index in [0.29, 0.717) is 11.1 Å². The Balaban J connectivity index is 2.05. The molecule has 0 aliphatic carbocycles. The Kier molecular flexibility index (Phi) is 4.00. The van der Waals surface area contributed by atoms with Crippen molar-refractivity contribution >= 4 is 23.4 Å². The fourth-order valence-corrected chi connectivity index (χ4v) is 3.12. The van der Waals surface area contributed by atoms with Crippen molar-refractivity contribution < 1.29 is 0 Å². The predicted molar refractivity (Wildman–Crippen MR) is 79.1 cm³/mol. The van der Waals surface area contributed by atoms with E-state index in [1.807, 2.05) is 17.8 Å². The molecule has 18 heavy (non-hydrogen) atoms. The summed E-state index contributed by atoms with van der Waals surface area (Å²) in [6.45, 7) is 7.25. The molecule has 1 saturated heterocycles. The van der Waals surface area contributed by atoms with Crippen molar-refractivity contribution in [1.29, 1.82) is 0 Å². The maximum Gasteiger partial charge on any atom is 0.138 e. The van der Waals surface area contributed by atoms with Crippen LogP contribution in [0.5, 0.6) is 0 Å². The van der Waals surface area contributed by atoms with Gasteiger partial charge in [-0.3, -0.25) is 0 Å². The number of hydrogen-bond acceptors (Lipinski definition) is 5. The molecule has 4 nitrogen and oxygen atoms in total. The van der Waals surface area contributed by atoms with Gasteiger partial charge in [-0.1, -0.05) is 20.8 Å². The van der Waals surface area contributed by atoms with Crippen molar-refractivity contribution in [2.75, 3.05) is 23.3 Å². The molecule has 1 atom stereocenters. The van der Waals surface area contributed by atoms with E-state index in [1.54, 1.807) is 0 Å². The van der Waals surface area contributed by atoms with E-state index in [0.717, 1.165) is 18.2 Å². The van der Waals surface area contributed by atoms with Crippen LogP contribution in [0.25, 0.3) is 0 Å². The lowest BCUT2D eigenvalue weighted by Gasteiger charge is -2.18. The normalized spacial score (nSPS) is 20.1. The van der Waals surface area contributed by atoms with Crippen molar-refractivity contribution in [3.63, 3.8) is 0 Å². The van der Waals surface area contributed by atoms with Gasteiger partial charge < -0.3 is 11.1 Å². The zero-order valence-corrected chi connectivity index (χ0v) is 12.2. The van der Waals surface area contributed by atoms with Crippen molar-refractivity contribution in [3.05, 3.63) is 11.9 Å². The molecule has 3 N–H and O–H groups in total. The maximum absolute atomic E-state index is 5.84. The van der Waals surface area contributed by atoms with Gasteiger partial charge in [0.15, 0.2) is 0 Å². The summed E-state index contributed by atoms with van der Waals surface area (Å²) in [5, 5.41) is 4.10. The number of hydrogen-bond donors (Lipinski definition) is 2. The largest absolute Gasteiger partial charge is 0.384 e. The molecule has 1 aliphatic heterocycles. The number of rotatable bonds is 3. The summed E-state index contributed by atoms with van der Waals surface area (Å²) in [7, 11) is 0. The summed E-state index contributed by atoms with van der Waals surface area (Å²) in [4.78, 5) is 8.86. The second kappa shape index (κ2) is 5.34. The van der Waals surface area contributed by atoms with Gasteiger partial charge >= 0.3 is 0 Å². The third kappa shape index (κ3) is 3.51. The SMILES string of the molecule is CC(C)(C)c1nc(N)cc(NCC2CCCS2)n1. The molecule has 1 aromatic heterocycles. The molecule has 0 spiro atoms. The van der Waals surface area contributed by atoms with Crippen LogP contribution in [0.1, 0.15) is 39.4 Å². The summed E-state index contributed by atoms with van der Waals surface area (Å²) >= 11 is 2.04. The van der Waals surface area contributed by atoms with Gasteiger partial charge in [-0.05, 0) is 18.6 Å². The quantitative estimate of drug-likeness (QED) is 0.880. The Bertz CT molecular complexity index is 408. The minimum Gasteiger partial charge on any atom is -0.384 e. The maximum atomic E-state index is 5.84. The molecule has 100 valence electrons. The van der Waals surface area contributed by atoms with Gasteiger partial charge in [-0.2, -0.15) is 11.8 Å². The smallest absolute Gasteiger partial charge is 0.138 e. The van der Waals surface area contributed by atoms with Crippen LogP contribution in [0.3, 0.4) is 0 Å². The van der Waals surface area contributed by atoms with E-state index in [9.17, 15) is 0 Å². The molecule has 1 aliphatic rings. The first-order valence-corrected chi connectivity index (χ1v) is 7.50. The highest BCUT2D eigenvalue weighted by Crippen LogP contribution is 2.26. The molecule has 1 aromatic rings. The summed E-state index contributed by atoms with van der Waals surface area (Å²) in [5.41, 5.74) is 5.77. The summed E-state index contributed by atoms with van der Waals surface area (Å²) < 4.78 is 0. The summed E-state index contributed by atoms with van der Waals surface area (Å²) in [6.07, 6.45) is 2.63. The number of anilines is 2. The Labute approximate surface area is 113 Å². The van der Waals surface area contributed by atoms with Gasteiger partial charge in [0.25, 0.3) is 0 Å². The lowest BCUT2D eigenvalue weighted by Crippen LogP contribution is -2.20. The van der Waals surface area contributed by atoms with Crippen molar-refractivity contribution in [1.82, 2.24) is 9.97 Å². The number of nitrogens with zero attached hydrogens (tertiary/aromatic N) is 2. The average molecular weight is 266 g/mol. The Morgan fingerprint density at radius 3 is 2.83 bits per heavy atom. The molecule has 5 heteroatoms. The number of nitrogen functional groups attached to an aromatic ring is 1. The van der Waals surface area contributed by atoms with E-state index in [4.69, 9.17) is 5.73 Å². The first-order valence-electron chi connectivity index (χ1n) is 6.45. The van der Waals surface area contributed by atoms with Crippen LogP contribution in [0.4, 0.5) is 11.6 Å². The van der Waals surface area contributed by atoms with Crippen LogP contribution in [0, 0.1) is 0 Å². The second-order valence-electron chi connectivity index (χ2n) is 5.77. The topological polar surface area (TPSA) is 63.8 Å². The highest BCUT2D eigenvalue weighted by molar-refractivity contribution is 8.00. The molecule has 1 unspecified atom stereocenters. The van der Waals surface area contributed by atoms with Crippen LogP contribution >= 0.6 is 11.8 Å². The van der Waals surface area contributed by atoms with Crippen molar-refractivity contribution in [2.45, 2.75) is 44.3 Å². The van der Waals surface area contributed by atoms with E-state index in [-0.39, 0.29) is 5.41 Å². The molecular weight excluding hydrogens is 244 g/mol. The van der Waals surface area contributed by atoms with Crippen molar-refractivity contribution in [3.8, 4) is 0 Å². The first-order chi connectivity index (χ1) is 8.45. The minimum absolute atomic E-state index is 0.0755. The fraction of sp³-hybridized carbons (Fsp3) is 0.692. The Hall–Kier alpha value is -0.970. The van der Waals surface area contributed by atoms with Crippen LogP contribution in [0.2, 0.25) is 0 Å². The minimum atomic E-state index is -0.0755. The Morgan fingerprint density at radius 2 is 2.22 bits per heavy atom. The molecular formula is C13H22N4S. The molecule has 2 heterocycles. The third-order valence-electron chi connectivity index (χ3n) is 2.95. The van der Waals surface area contributed by atoms with Gasteiger partial charge in [0.05, 0.1) is 0 Å². The van der Waals surface area contributed by atoms with Crippen LogP contribution < -0.4 is 11.1 Å². The number of nitrogens with one attached hydrogen (secondary N) is 1. The average Bonchev–Trinajstić information content (AvgIpc) is 2.77. The zero-order valence-electron chi connectivity index (χ0n) is 11.4. The monoisotopic (exact) mass is 266 g/mol. The predicted octanol–water partition coefficient (Wildman–Crippen LogP) is 2.66. The summed E-state index contributed by atoms with van der Waals surface area (Å²) in [5.74, 6) is 3.46. The van der Waals surface area contributed by atoms with Crippen LogP contribution in [-0.2, 0) is 5.41 Å². The van der Waals surface area contributed by atoms with Crippen LogP contribution in [-0.4, -0.2) is 27.5 Å². The van der Waals surface area contributed by atoms with Crippen LogP contribution in [0.15, 0.2) is 6.07 Å². The molecule has 0 aromatic carbocycles. The van der Waals surface area contributed by atoms with Gasteiger partial charge in [-0.25, -0.2) is 9.97 Å². The van der Waals surface area contributed by atoms with E-state index in [2.05, 4.69) is 36.1 Å². The van der Waals surface area contributed by atoms with Gasteiger partial charge in [0, 0.05) is 23.3 Å². The standard InChI is InChI=1S/C13H22N4S/c1-13(2,3)12-16-10(14)7-11(17-12)15-8-9-5-4-6-18-9/h7,9H,4-6,8H2,1-3H3,(H3,14,15,16,17). The highest BCUT2D eigenvalue weighted by Gasteiger charge is 2.19. The third-order valence-corrected chi connectivity index (χ3v) is 4.35. The second-order valence-corrected chi connectivity index (χ2v) is 7.18. The molecule has 0 amide bonds. The van der Waals surface area contributed by atoms with E-state index in [1.165, 1.54) is 18.6 Å². The van der Waals surface area contributed by atoms with Gasteiger partial charge in [0.1, 0.15) is 17.5 Å². The highest BCUT2D eigenvalue weighted by atomic mass is 32.2. The number of thioether (sulfide) groups is 1. The van der Waals surface area contributed by atoms with Crippen molar-refractivity contribution in [2.24, 2.45) is 0 Å². The van der Waals surface area contributed by atoms with E-state index < -0.39 is 0 Å². The lowest BCUT2D eigenvalue weighted by atomic mass is 9.96. The molecule has 0 bridgehead atoms. The molecule has 0 radical (unpaired) electrons. The molecule has 1 fully saturated rings. The molecule has 2 rings (SSSR count). The molecule has 0 saturated carbocycles. The van der Waals surface area contributed by atoms with Gasteiger partial charge in [0.2, 0.25) is 0 Å². The number of aromatic nitrogens is 2.